The van der Waals surface area contributed by atoms with Crippen LogP contribution in [0.15, 0.2) is 41.6 Å². The van der Waals surface area contributed by atoms with Gasteiger partial charge >= 0.3 is 0 Å². The fourth-order valence-electron chi connectivity index (χ4n) is 4.99. The number of oxime groups is 1. The molecule has 162 valence electrons. The number of benzene rings is 2. The Morgan fingerprint density at radius 3 is 2.60 bits per heavy atom. The molecule has 1 saturated carbocycles. The number of hydrogen-bond donors (Lipinski definition) is 1. The van der Waals surface area contributed by atoms with Gasteiger partial charge in [-0.3, -0.25) is 4.90 Å². The first-order chi connectivity index (χ1) is 14.7. The summed E-state index contributed by atoms with van der Waals surface area (Å²) in [5.41, 5.74) is 2.21. The number of likely N-dealkylation sites (tertiary alicyclic amines) is 1. The van der Waals surface area contributed by atoms with Crippen molar-refractivity contribution in [3.8, 4) is 5.75 Å². The zero-order valence-corrected chi connectivity index (χ0v) is 18.2. The number of piperidine rings is 1. The summed E-state index contributed by atoms with van der Waals surface area (Å²) in [5, 5.41) is 16.8. The molecule has 1 aliphatic carbocycles. The lowest BCUT2D eigenvalue weighted by Crippen LogP contribution is -2.46. The Labute approximate surface area is 179 Å². The quantitative estimate of drug-likeness (QED) is 0.558. The van der Waals surface area contributed by atoms with Crippen molar-refractivity contribution in [2.45, 2.75) is 57.6 Å². The molecule has 2 fully saturated rings. The fraction of sp³-hybridized carbons (Fsp3) is 0.560. The van der Waals surface area contributed by atoms with Gasteiger partial charge in [0.1, 0.15) is 12.4 Å². The molecular formula is C25H34N2O3. The third kappa shape index (κ3) is 4.79. The zero-order valence-electron chi connectivity index (χ0n) is 18.2. The van der Waals surface area contributed by atoms with Crippen molar-refractivity contribution >= 4 is 16.5 Å². The highest BCUT2D eigenvalue weighted by Crippen LogP contribution is 2.30. The molecule has 0 spiro atoms. The van der Waals surface area contributed by atoms with E-state index in [2.05, 4.69) is 40.4 Å². The third-order valence-electron chi connectivity index (χ3n) is 6.66. The molecule has 4 rings (SSSR count). The highest BCUT2D eigenvalue weighted by molar-refractivity contribution is 6.04. The van der Waals surface area contributed by atoms with Crippen molar-refractivity contribution < 1.29 is 14.7 Å². The van der Waals surface area contributed by atoms with Crippen LogP contribution >= 0.6 is 0 Å². The Bertz CT molecular complexity index is 874. The molecule has 5 heteroatoms. The van der Waals surface area contributed by atoms with E-state index in [0.717, 1.165) is 62.2 Å². The van der Waals surface area contributed by atoms with Gasteiger partial charge in [0.25, 0.3) is 0 Å². The predicted octanol–water partition coefficient (Wildman–Crippen LogP) is 4.60. The van der Waals surface area contributed by atoms with Gasteiger partial charge in [0, 0.05) is 24.1 Å². The SMILES string of the molecule is CCO/N=C(/c1ccc2cc(OC)ccc2c1)C1CCCN(C2CCC(O)CC2)C1. The molecule has 5 nitrogen and oxygen atoms in total. The number of nitrogens with zero attached hydrogens (tertiary/aromatic N) is 2. The molecule has 2 aromatic carbocycles. The summed E-state index contributed by atoms with van der Waals surface area (Å²) in [6.07, 6.45) is 6.28. The lowest BCUT2D eigenvalue weighted by molar-refractivity contribution is 0.0586. The molecule has 1 aliphatic heterocycles. The molecule has 2 aliphatic rings. The maximum atomic E-state index is 9.87. The van der Waals surface area contributed by atoms with E-state index in [9.17, 15) is 5.11 Å². The lowest BCUT2D eigenvalue weighted by Gasteiger charge is -2.41. The maximum absolute atomic E-state index is 9.87. The second kappa shape index (κ2) is 9.80. The van der Waals surface area contributed by atoms with E-state index in [1.807, 2.05) is 13.0 Å². The largest absolute Gasteiger partial charge is 0.497 e. The second-order valence-corrected chi connectivity index (χ2v) is 8.62. The number of hydrogen-bond acceptors (Lipinski definition) is 5. The number of fused-ring (bicyclic) bond motifs is 1. The van der Waals surface area contributed by atoms with E-state index in [0.29, 0.717) is 18.6 Å². The molecule has 1 atom stereocenters. The normalized spacial score (nSPS) is 26.0. The molecule has 0 radical (unpaired) electrons. The van der Waals surface area contributed by atoms with Crippen molar-refractivity contribution in [3.05, 3.63) is 42.0 Å². The van der Waals surface area contributed by atoms with Crippen LogP contribution in [0.2, 0.25) is 0 Å². The van der Waals surface area contributed by atoms with Crippen LogP contribution in [-0.2, 0) is 4.84 Å². The third-order valence-corrected chi connectivity index (χ3v) is 6.66. The van der Waals surface area contributed by atoms with Crippen molar-refractivity contribution in [1.82, 2.24) is 4.90 Å². The van der Waals surface area contributed by atoms with Gasteiger partial charge in [0.05, 0.1) is 18.9 Å². The van der Waals surface area contributed by atoms with Gasteiger partial charge in [-0.25, -0.2) is 0 Å². The van der Waals surface area contributed by atoms with E-state index in [-0.39, 0.29) is 6.10 Å². The van der Waals surface area contributed by atoms with Gasteiger partial charge in [-0.05, 0) is 81.0 Å². The van der Waals surface area contributed by atoms with Crippen LogP contribution < -0.4 is 4.74 Å². The van der Waals surface area contributed by atoms with E-state index in [1.54, 1.807) is 7.11 Å². The van der Waals surface area contributed by atoms with E-state index in [4.69, 9.17) is 9.57 Å². The molecule has 1 N–H and O–H groups in total. The summed E-state index contributed by atoms with van der Waals surface area (Å²) in [5.74, 6) is 1.24. The van der Waals surface area contributed by atoms with Crippen molar-refractivity contribution in [2.24, 2.45) is 11.1 Å². The molecule has 30 heavy (non-hydrogen) atoms. The highest BCUT2D eigenvalue weighted by atomic mass is 16.6. The van der Waals surface area contributed by atoms with Gasteiger partial charge in [-0.15, -0.1) is 0 Å². The van der Waals surface area contributed by atoms with Crippen LogP contribution in [0.5, 0.6) is 5.75 Å². The first-order valence-electron chi connectivity index (χ1n) is 11.4. The zero-order chi connectivity index (χ0) is 20.9. The molecule has 1 unspecified atom stereocenters. The molecular weight excluding hydrogens is 376 g/mol. The van der Waals surface area contributed by atoms with Crippen molar-refractivity contribution in [2.75, 3.05) is 26.8 Å². The number of methoxy groups -OCH3 is 1. The summed E-state index contributed by atoms with van der Waals surface area (Å²) in [4.78, 5) is 8.20. The average molecular weight is 411 g/mol. The van der Waals surface area contributed by atoms with E-state index in [1.165, 1.54) is 17.2 Å². The topological polar surface area (TPSA) is 54.3 Å². The van der Waals surface area contributed by atoms with Crippen LogP contribution in [-0.4, -0.2) is 54.7 Å². The smallest absolute Gasteiger partial charge is 0.119 e. The molecule has 1 saturated heterocycles. The summed E-state index contributed by atoms with van der Waals surface area (Å²) in [7, 11) is 1.70. The van der Waals surface area contributed by atoms with Crippen LogP contribution in [0.4, 0.5) is 0 Å². The van der Waals surface area contributed by atoms with Gasteiger partial charge in [0.15, 0.2) is 0 Å². The maximum Gasteiger partial charge on any atom is 0.119 e. The average Bonchev–Trinajstić information content (AvgIpc) is 2.79. The first kappa shape index (κ1) is 21.1. The minimum Gasteiger partial charge on any atom is -0.497 e. The summed E-state index contributed by atoms with van der Waals surface area (Å²) in [6, 6.07) is 13.3. The summed E-state index contributed by atoms with van der Waals surface area (Å²) in [6.45, 7) is 4.73. The van der Waals surface area contributed by atoms with Gasteiger partial charge in [-0.1, -0.05) is 23.4 Å². The first-order valence-corrected chi connectivity index (χ1v) is 11.4. The molecule has 0 aromatic heterocycles. The minimum atomic E-state index is -0.104. The number of aliphatic hydroxyl groups excluding tert-OH is 1. The van der Waals surface area contributed by atoms with E-state index >= 15 is 0 Å². The highest BCUT2D eigenvalue weighted by Gasteiger charge is 2.31. The van der Waals surface area contributed by atoms with Crippen LogP contribution in [0, 0.1) is 5.92 Å². The van der Waals surface area contributed by atoms with E-state index < -0.39 is 0 Å². The molecule has 1 heterocycles. The number of ether oxygens (including phenoxy) is 1. The summed E-state index contributed by atoms with van der Waals surface area (Å²) < 4.78 is 5.36. The van der Waals surface area contributed by atoms with Crippen LogP contribution in [0.1, 0.15) is 51.0 Å². The Morgan fingerprint density at radius 2 is 1.83 bits per heavy atom. The Kier molecular flexibility index (Phi) is 6.90. The monoisotopic (exact) mass is 410 g/mol. The van der Waals surface area contributed by atoms with Crippen LogP contribution in [0.3, 0.4) is 0 Å². The Morgan fingerprint density at radius 1 is 1.07 bits per heavy atom. The second-order valence-electron chi connectivity index (χ2n) is 8.62. The standard InChI is InChI=1S/C25H34N2O3/c1-3-30-26-25(20-7-6-19-16-24(29-2)13-8-18(19)15-20)21-5-4-14-27(17-21)22-9-11-23(28)12-10-22/h6-8,13,15-16,21-23,28H,3-5,9-12,14,17H2,1-2H3/b26-25-. The van der Waals surface area contributed by atoms with Gasteiger partial charge < -0.3 is 14.7 Å². The summed E-state index contributed by atoms with van der Waals surface area (Å²) >= 11 is 0. The van der Waals surface area contributed by atoms with Gasteiger partial charge in [-0.2, -0.15) is 0 Å². The van der Waals surface area contributed by atoms with Crippen molar-refractivity contribution in [3.63, 3.8) is 0 Å². The molecule has 0 amide bonds. The molecule has 0 bridgehead atoms. The number of aliphatic hydroxyl groups is 1. The molecule has 2 aromatic rings. The lowest BCUT2D eigenvalue weighted by atomic mass is 9.85. The minimum absolute atomic E-state index is 0.104. The van der Waals surface area contributed by atoms with Crippen LogP contribution in [0.25, 0.3) is 10.8 Å². The Hall–Kier alpha value is -2.11. The van der Waals surface area contributed by atoms with Crippen molar-refractivity contribution in [1.29, 1.82) is 0 Å². The van der Waals surface area contributed by atoms with Gasteiger partial charge in [0.2, 0.25) is 0 Å². The number of rotatable bonds is 6. The predicted molar refractivity (Wildman–Crippen MR) is 121 cm³/mol. The fourth-order valence-corrected chi connectivity index (χ4v) is 4.99. The Balaban J connectivity index is 1.57.